The summed E-state index contributed by atoms with van der Waals surface area (Å²) in [7, 11) is 0. The quantitative estimate of drug-likeness (QED) is 0.772. The summed E-state index contributed by atoms with van der Waals surface area (Å²) in [6.07, 6.45) is 1.81. The number of carbonyl (C=O) groups excluding carboxylic acids is 1. The van der Waals surface area contributed by atoms with Crippen molar-refractivity contribution in [3.8, 4) is 11.5 Å². The minimum absolute atomic E-state index is 0.0438. The van der Waals surface area contributed by atoms with Crippen molar-refractivity contribution in [3.05, 3.63) is 54.1 Å². The van der Waals surface area contributed by atoms with Crippen LogP contribution >= 0.6 is 0 Å². The highest BCUT2D eigenvalue weighted by atomic mass is 16.5. The molecule has 2 aromatic carbocycles. The highest BCUT2D eigenvalue weighted by Gasteiger charge is 2.41. The molecule has 124 valence electrons. The zero-order valence-corrected chi connectivity index (χ0v) is 13.8. The molecule has 0 unspecified atom stereocenters. The van der Waals surface area contributed by atoms with E-state index >= 15 is 0 Å². The zero-order chi connectivity index (χ0) is 16.5. The smallest absolute Gasteiger partial charge is 0.311 e. The van der Waals surface area contributed by atoms with Gasteiger partial charge in [0.2, 0.25) is 0 Å². The van der Waals surface area contributed by atoms with Gasteiger partial charge < -0.3 is 14.4 Å². The van der Waals surface area contributed by atoms with Crippen LogP contribution in [0.15, 0.2) is 48.5 Å². The Morgan fingerprint density at radius 1 is 1.17 bits per heavy atom. The van der Waals surface area contributed by atoms with Gasteiger partial charge in [-0.05, 0) is 38.0 Å². The van der Waals surface area contributed by atoms with Gasteiger partial charge in [-0.3, -0.25) is 4.79 Å². The van der Waals surface area contributed by atoms with Crippen molar-refractivity contribution < 1.29 is 14.3 Å². The van der Waals surface area contributed by atoms with E-state index in [4.69, 9.17) is 9.47 Å². The number of carbonyl (C=O) groups is 1. The average Bonchev–Trinajstić information content (AvgIpc) is 2.76. The molecule has 1 fully saturated rings. The van der Waals surface area contributed by atoms with Crippen LogP contribution in [0.1, 0.15) is 31.4 Å². The molecule has 0 aliphatic carbocycles. The Balaban J connectivity index is 1.86. The van der Waals surface area contributed by atoms with E-state index in [9.17, 15) is 4.79 Å². The van der Waals surface area contributed by atoms with E-state index in [1.165, 1.54) is 0 Å². The first kappa shape index (κ1) is 15.1. The first-order chi connectivity index (χ1) is 11.8. The number of fused-ring (bicyclic) bond motifs is 5. The Kier molecular flexibility index (Phi) is 3.89. The van der Waals surface area contributed by atoms with Gasteiger partial charge in [0.05, 0.1) is 24.3 Å². The van der Waals surface area contributed by atoms with Crippen molar-refractivity contribution in [1.29, 1.82) is 0 Å². The molecule has 0 spiro atoms. The van der Waals surface area contributed by atoms with E-state index in [2.05, 4.69) is 17.0 Å². The van der Waals surface area contributed by atoms with Gasteiger partial charge in [-0.2, -0.15) is 0 Å². The maximum absolute atomic E-state index is 12.6. The molecule has 0 bridgehead atoms. The molecule has 1 saturated heterocycles. The number of anilines is 1. The van der Waals surface area contributed by atoms with Crippen LogP contribution in [-0.2, 0) is 9.53 Å². The van der Waals surface area contributed by atoms with Crippen LogP contribution in [0.3, 0.4) is 0 Å². The van der Waals surface area contributed by atoms with Gasteiger partial charge >= 0.3 is 5.97 Å². The van der Waals surface area contributed by atoms with Gasteiger partial charge in [0, 0.05) is 12.1 Å². The summed E-state index contributed by atoms with van der Waals surface area (Å²) >= 11 is 0. The Bertz CT molecular complexity index is 758. The molecule has 4 heteroatoms. The first-order valence-corrected chi connectivity index (χ1v) is 8.58. The largest absolute Gasteiger partial charge is 0.466 e. The average molecular weight is 323 g/mol. The van der Waals surface area contributed by atoms with Gasteiger partial charge in [0.25, 0.3) is 0 Å². The van der Waals surface area contributed by atoms with E-state index in [0.29, 0.717) is 6.61 Å². The van der Waals surface area contributed by atoms with Crippen molar-refractivity contribution in [1.82, 2.24) is 0 Å². The molecule has 2 aromatic rings. The molecule has 0 saturated carbocycles. The molecule has 4 rings (SSSR count). The summed E-state index contributed by atoms with van der Waals surface area (Å²) in [5, 5.41) is 0. The highest BCUT2D eigenvalue weighted by Crippen LogP contribution is 2.49. The molecule has 2 aliphatic heterocycles. The Labute approximate surface area is 142 Å². The second-order valence-corrected chi connectivity index (χ2v) is 6.25. The molecular weight excluding hydrogens is 302 g/mol. The second kappa shape index (κ2) is 6.19. The van der Waals surface area contributed by atoms with Crippen molar-refractivity contribution in [2.45, 2.75) is 25.8 Å². The van der Waals surface area contributed by atoms with Crippen LogP contribution in [0.25, 0.3) is 0 Å². The van der Waals surface area contributed by atoms with Crippen molar-refractivity contribution in [3.63, 3.8) is 0 Å². The Morgan fingerprint density at radius 3 is 2.75 bits per heavy atom. The maximum atomic E-state index is 12.6. The van der Waals surface area contributed by atoms with E-state index < -0.39 is 0 Å². The summed E-state index contributed by atoms with van der Waals surface area (Å²) in [6.45, 7) is 3.18. The molecular formula is C20H21NO3. The van der Waals surface area contributed by atoms with Crippen LogP contribution < -0.4 is 9.64 Å². The van der Waals surface area contributed by atoms with E-state index in [1.807, 2.05) is 43.3 Å². The van der Waals surface area contributed by atoms with Gasteiger partial charge in [-0.25, -0.2) is 0 Å². The molecule has 0 radical (unpaired) electrons. The standard InChI is InChI=1S/C20H21NO3/c1-2-23-20(22)15-9-7-13-21-16-10-4-6-12-18(16)24-17-11-5-3-8-14(17)19(15)21/h3-6,8,10-12,15,19H,2,7,9,13H2,1H3/t15-,19-/m0/s1. The fourth-order valence-electron chi connectivity index (χ4n) is 3.86. The molecule has 4 nitrogen and oxygen atoms in total. The number of hydrogen-bond acceptors (Lipinski definition) is 4. The lowest BCUT2D eigenvalue weighted by atomic mass is 9.84. The normalized spacial score (nSPS) is 21.6. The second-order valence-electron chi connectivity index (χ2n) is 6.25. The number of hydrogen-bond donors (Lipinski definition) is 0. The SMILES string of the molecule is CCOC(=O)[C@H]1CCCN2c3ccccc3Oc3ccccc3[C@@H]12. The summed E-state index contributed by atoms with van der Waals surface area (Å²) in [6, 6.07) is 16.0. The molecule has 2 aliphatic rings. The van der Waals surface area contributed by atoms with Crippen LogP contribution in [-0.4, -0.2) is 19.1 Å². The Hall–Kier alpha value is -2.49. The van der Waals surface area contributed by atoms with E-state index in [1.54, 1.807) is 0 Å². The highest BCUT2D eigenvalue weighted by molar-refractivity contribution is 5.76. The first-order valence-electron chi connectivity index (χ1n) is 8.58. The predicted octanol–water partition coefficient (Wildman–Crippen LogP) is 4.31. The molecule has 0 aromatic heterocycles. The van der Waals surface area contributed by atoms with Crippen LogP contribution in [0.5, 0.6) is 11.5 Å². The molecule has 2 heterocycles. The molecule has 24 heavy (non-hydrogen) atoms. The number of nitrogens with zero attached hydrogens (tertiary/aromatic N) is 1. The number of piperidine rings is 1. The fraction of sp³-hybridized carbons (Fsp3) is 0.350. The van der Waals surface area contributed by atoms with Gasteiger partial charge in [-0.1, -0.05) is 30.3 Å². The summed E-state index contributed by atoms with van der Waals surface area (Å²) < 4.78 is 11.6. The lowest BCUT2D eigenvalue weighted by molar-refractivity contribution is -0.149. The fourth-order valence-corrected chi connectivity index (χ4v) is 3.86. The number of para-hydroxylation sites is 3. The van der Waals surface area contributed by atoms with Gasteiger partial charge in [0.1, 0.15) is 5.75 Å². The van der Waals surface area contributed by atoms with Gasteiger partial charge in [-0.15, -0.1) is 0 Å². The topological polar surface area (TPSA) is 38.8 Å². The zero-order valence-electron chi connectivity index (χ0n) is 13.8. The Morgan fingerprint density at radius 2 is 1.92 bits per heavy atom. The minimum Gasteiger partial charge on any atom is -0.466 e. The third-order valence-electron chi connectivity index (χ3n) is 4.85. The van der Waals surface area contributed by atoms with Crippen molar-refractivity contribution in [2.75, 3.05) is 18.1 Å². The monoisotopic (exact) mass is 323 g/mol. The third-order valence-corrected chi connectivity index (χ3v) is 4.85. The van der Waals surface area contributed by atoms with Crippen LogP contribution in [0.2, 0.25) is 0 Å². The summed E-state index contributed by atoms with van der Waals surface area (Å²) in [5.41, 5.74) is 2.11. The van der Waals surface area contributed by atoms with Crippen LogP contribution in [0, 0.1) is 5.92 Å². The van der Waals surface area contributed by atoms with E-state index in [-0.39, 0.29) is 17.9 Å². The molecule has 0 amide bonds. The number of benzene rings is 2. The van der Waals surface area contributed by atoms with Gasteiger partial charge in [0.15, 0.2) is 5.75 Å². The predicted molar refractivity (Wildman–Crippen MR) is 92.4 cm³/mol. The lowest BCUT2D eigenvalue weighted by Crippen LogP contribution is -2.42. The summed E-state index contributed by atoms with van der Waals surface area (Å²) in [4.78, 5) is 14.9. The van der Waals surface area contributed by atoms with Crippen LogP contribution in [0.4, 0.5) is 5.69 Å². The third kappa shape index (κ3) is 2.42. The lowest BCUT2D eigenvalue weighted by Gasteiger charge is -2.41. The minimum atomic E-state index is -0.172. The number of rotatable bonds is 2. The van der Waals surface area contributed by atoms with E-state index in [0.717, 1.165) is 42.1 Å². The molecule has 2 atom stereocenters. The number of ether oxygens (including phenoxy) is 2. The van der Waals surface area contributed by atoms with Crippen molar-refractivity contribution >= 4 is 11.7 Å². The summed E-state index contributed by atoms with van der Waals surface area (Å²) in [5.74, 6) is 1.39. The number of esters is 1. The van der Waals surface area contributed by atoms with Crippen molar-refractivity contribution in [2.24, 2.45) is 5.92 Å². The molecule has 0 N–H and O–H groups in total. The maximum Gasteiger partial charge on any atom is 0.311 e.